The Bertz CT molecular complexity index is 457. The smallest absolute Gasteiger partial charge is 0.124 e. The van der Waals surface area contributed by atoms with E-state index in [0.717, 1.165) is 17.1 Å². The molecule has 0 fully saturated rings. The van der Waals surface area contributed by atoms with Crippen molar-refractivity contribution in [2.75, 3.05) is 5.32 Å². The molecule has 3 heteroatoms. The summed E-state index contributed by atoms with van der Waals surface area (Å²) in [6.07, 6.45) is 0. The Balaban J connectivity index is 2.31. The van der Waals surface area contributed by atoms with Crippen molar-refractivity contribution in [1.29, 1.82) is 0 Å². The minimum atomic E-state index is 0.416. The molecule has 2 aromatic rings. The van der Waals surface area contributed by atoms with Gasteiger partial charge in [0, 0.05) is 24.7 Å². The number of aromatic nitrogens is 2. The summed E-state index contributed by atoms with van der Waals surface area (Å²) in [6.45, 7) is 4.24. The van der Waals surface area contributed by atoms with Gasteiger partial charge in [0.2, 0.25) is 0 Å². The van der Waals surface area contributed by atoms with Crippen molar-refractivity contribution in [1.82, 2.24) is 9.78 Å². The van der Waals surface area contributed by atoms with Crippen molar-refractivity contribution in [3.05, 3.63) is 36.4 Å². The zero-order chi connectivity index (χ0) is 11.5. The van der Waals surface area contributed by atoms with E-state index < -0.39 is 0 Å². The molecule has 0 aliphatic heterocycles. The lowest BCUT2D eigenvalue weighted by molar-refractivity contribution is 0.756. The predicted molar refractivity (Wildman–Crippen MR) is 67.4 cm³/mol. The average Bonchev–Trinajstić information content (AvgIpc) is 2.61. The topological polar surface area (TPSA) is 29.9 Å². The fourth-order valence-corrected chi connectivity index (χ4v) is 1.65. The Morgan fingerprint density at radius 2 is 1.88 bits per heavy atom. The van der Waals surface area contributed by atoms with Crippen LogP contribution < -0.4 is 5.32 Å². The van der Waals surface area contributed by atoms with Crippen LogP contribution in [0.25, 0.3) is 11.3 Å². The molecule has 0 bridgehead atoms. The van der Waals surface area contributed by atoms with Crippen LogP contribution in [0.1, 0.15) is 13.8 Å². The summed E-state index contributed by atoms with van der Waals surface area (Å²) in [5.41, 5.74) is 2.15. The lowest BCUT2D eigenvalue weighted by Gasteiger charge is -2.08. The summed E-state index contributed by atoms with van der Waals surface area (Å²) >= 11 is 0. The molecule has 3 nitrogen and oxygen atoms in total. The number of anilines is 1. The second-order valence-electron chi connectivity index (χ2n) is 4.20. The first-order valence-electron chi connectivity index (χ1n) is 5.53. The molecule has 1 N–H and O–H groups in total. The highest BCUT2D eigenvalue weighted by Crippen LogP contribution is 2.21. The molecule has 1 heterocycles. The molecule has 0 aliphatic rings. The lowest BCUT2D eigenvalue weighted by atomic mass is 10.1. The first-order valence-corrected chi connectivity index (χ1v) is 5.53. The zero-order valence-electron chi connectivity index (χ0n) is 9.94. The summed E-state index contributed by atoms with van der Waals surface area (Å²) in [5, 5.41) is 7.85. The molecule has 0 unspecified atom stereocenters. The van der Waals surface area contributed by atoms with Gasteiger partial charge < -0.3 is 5.32 Å². The average molecular weight is 215 g/mol. The Labute approximate surface area is 96.1 Å². The van der Waals surface area contributed by atoms with E-state index in [4.69, 9.17) is 0 Å². The fraction of sp³-hybridized carbons (Fsp3) is 0.308. The van der Waals surface area contributed by atoms with Crippen LogP contribution in [-0.4, -0.2) is 15.8 Å². The Kier molecular flexibility index (Phi) is 2.95. The minimum Gasteiger partial charge on any atom is -0.368 e. The molecule has 0 aliphatic carbocycles. The normalized spacial score (nSPS) is 10.8. The van der Waals surface area contributed by atoms with Crippen LogP contribution in [0, 0.1) is 0 Å². The van der Waals surface area contributed by atoms with Gasteiger partial charge in [0.25, 0.3) is 0 Å². The largest absolute Gasteiger partial charge is 0.368 e. The van der Waals surface area contributed by atoms with E-state index in [1.54, 1.807) is 0 Å². The minimum absolute atomic E-state index is 0.416. The molecular formula is C13H17N3. The van der Waals surface area contributed by atoms with Gasteiger partial charge in [0.15, 0.2) is 0 Å². The second-order valence-corrected chi connectivity index (χ2v) is 4.20. The summed E-state index contributed by atoms with van der Waals surface area (Å²) in [7, 11) is 1.96. The van der Waals surface area contributed by atoms with Crippen LogP contribution in [0.5, 0.6) is 0 Å². The molecule has 16 heavy (non-hydrogen) atoms. The van der Waals surface area contributed by atoms with Crippen LogP contribution in [-0.2, 0) is 7.05 Å². The fourth-order valence-electron chi connectivity index (χ4n) is 1.65. The maximum atomic E-state index is 4.49. The van der Waals surface area contributed by atoms with Gasteiger partial charge in [-0.15, -0.1) is 0 Å². The van der Waals surface area contributed by atoms with Crippen molar-refractivity contribution in [2.45, 2.75) is 19.9 Å². The van der Waals surface area contributed by atoms with E-state index in [9.17, 15) is 0 Å². The van der Waals surface area contributed by atoms with Gasteiger partial charge in [-0.05, 0) is 13.8 Å². The monoisotopic (exact) mass is 215 g/mol. The standard InChI is InChI=1S/C13H17N3/c1-10(2)14-13-9-12(15-16(13)3)11-7-5-4-6-8-11/h4-10,14H,1-3H3. The van der Waals surface area contributed by atoms with E-state index in [2.05, 4.69) is 42.5 Å². The summed E-state index contributed by atoms with van der Waals surface area (Å²) in [4.78, 5) is 0. The lowest BCUT2D eigenvalue weighted by Crippen LogP contribution is -2.12. The van der Waals surface area contributed by atoms with Crippen molar-refractivity contribution in [3.8, 4) is 11.3 Å². The molecule has 0 atom stereocenters. The van der Waals surface area contributed by atoms with Gasteiger partial charge >= 0.3 is 0 Å². The summed E-state index contributed by atoms with van der Waals surface area (Å²) < 4.78 is 1.88. The second kappa shape index (κ2) is 4.39. The SMILES string of the molecule is CC(C)Nc1cc(-c2ccccc2)nn1C. The van der Waals surface area contributed by atoms with Crippen LogP contribution in [0.3, 0.4) is 0 Å². The Morgan fingerprint density at radius 3 is 2.50 bits per heavy atom. The highest BCUT2D eigenvalue weighted by Gasteiger charge is 2.06. The van der Waals surface area contributed by atoms with Crippen LogP contribution in [0.15, 0.2) is 36.4 Å². The van der Waals surface area contributed by atoms with Gasteiger partial charge in [0.1, 0.15) is 5.82 Å². The molecule has 0 saturated carbocycles. The number of nitrogens with one attached hydrogen (secondary N) is 1. The van der Waals surface area contributed by atoms with Crippen molar-refractivity contribution < 1.29 is 0 Å². The van der Waals surface area contributed by atoms with E-state index >= 15 is 0 Å². The molecule has 0 spiro atoms. The molecule has 0 radical (unpaired) electrons. The number of hydrogen-bond donors (Lipinski definition) is 1. The van der Waals surface area contributed by atoms with Gasteiger partial charge in [-0.1, -0.05) is 30.3 Å². The first-order chi connectivity index (χ1) is 7.66. The third kappa shape index (κ3) is 2.24. The zero-order valence-corrected chi connectivity index (χ0v) is 9.94. The quantitative estimate of drug-likeness (QED) is 0.853. The van der Waals surface area contributed by atoms with Gasteiger partial charge in [-0.25, -0.2) is 0 Å². The summed E-state index contributed by atoms with van der Waals surface area (Å²) in [6, 6.07) is 12.7. The predicted octanol–water partition coefficient (Wildman–Crippen LogP) is 2.91. The molecule has 2 rings (SSSR count). The van der Waals surface area contributed by atoms with E-state index in [1.165, 1.54) is 0 Å². The molecule has 84 valence electrons. The van der Waals surface area contributed by atoms with E-state index in [1.807, 2.05) is 29.9 Å². The number of nitrogens with zero attached hydrogens (tertiary/aromatic N) is 2. The number of rotatable bonds is 3. The van der Waals surface area contributed by atoms with Gasteiger partial charge in [0.05, 0.1) is 5.69 Å². The van der Waals surface area contributed by atoms with E-state index in [0.29, 0.717) is 6.04 Å². The van der Waals surface area contributed by atoms with Crippen LogP contribution in [0.4, 0.5) is 5.82 Å². The van der Waals surface area contributed by atoms with Crippen LogP contribution >= 0.6 is 0 Å². The number of benzene rings is 1. The molecule has 1 aromatic carbocycles. The van der Waals surface area contributed by atoms with Crippen molar-refractivity contribution >= 4 is 5.82 Å². The van der Waals surface area contributed by atoms with Crippen molar-refractivity contribution in [3.63, 3.8) is 0 Å². The maximum absolute atomic E-state index is 4.49. The maximum Gasteiger partial charge on any atom is 0.124 e. The molecule has 1 aromatic heterocycles. The summed E-state index contributed by atoms with van der Waals surface area (Å²) in [5.74, 6) is 1.05. The van der Waals surface area contributed by atoms with Gasteiger partial charge in [-0.3, -0.25) is 4.68 Å². The molecule has 0 saturated heterocycles. The highest BCUT2D eigenvalue weighted by molar-refractivity contribution is 5.62. The Morgan fingerprint density at radius 1 is 1.19 bits per heavy atom. The van der Waals surface area contributed by atoms with Gasteiger partial charge in [-0.2, -0.15) is 5.10 Å². The first kappa shape index (κ1) is 10.7. The molecular weight excluding hydrogens is 198 g/mol. The number of hydrogen-bond acceptors (Lipinski definition) is 2. The Hall–Kier alpha value is -1.77. The van der Waals surface area contributed by atoms with Crippen LogP contribution in [0.2, 0.25) is 0 Å². The number of aryl methyl sites for hydroxylation is 1. The third-order valence-electron chi connectivity index (χ3n) is 2.39. The van der Waals surface area contributed by atoms with E-state index in [-0.39, 0.29) is 0 Å². The highest BCUT2D eigenvalue weighted by atomic mass is 15.3. The third-order valence-corrected chi connectivity index (χ3v) is 2.39. The van der Waals surface area contributed by atoms with Crippen molar-refractivity contribution in [2.24, 2.45) is 7.05 Å². The molecule has 0 amide bonds.